The fraction of sp³-hybridized carbons (Fsp3) is 0.808. The Balaban J connectivity index is 1.76. The van der Waals surface area contributed by atoms with Gasteiger partial charge in [-0.2, -0.15) is 13.2 Å². The van der Waals surface area contributed by atoms with Crippen molar-refractivity contribution in [3.05, 3.63) is 24.3 Å². The van der Waals surface area contributed by atoms with Gasteiger partial charge in [-0.25, -0.2) is 0 Å². The van der Waals surface area contributed by atoms with E-state index in [1.807, 2.05) is 12.2 Å². The topological polar surface area (TPSA) is 96.2 Å². The van der Waals surface area contributed by atoms with Crippen LogP contribution in [0.2, 0.25) is 0 Å². The van der Waals surface area contributed by atoms with Gasteiger partial charge in [-0.3, -0.25) is 4.79 Å². The van der Waals surface area contributed by atoms with Gasteiger partial charge in [0.25, 0.3) is 0 Å². The van der Waals surface area contributed by atoms with Gasteiger partial charge in [-0.05, 0) is 58.3 Å². The Labute approximate surface area is 206 Å². The number of esters is 1. The number of unbranched alkanes of at least 4 members (excludes halogenated alkanes) is 1. The van der Waals surface area contributed by atoms with Crippen molar-refractivity contribution in [3.63, 3.8) is 0 Å². The third-order valence-corrected chi connectivity index (χ3v) is 6.76. The summed E-state index contributed by atoms with van der Waals surface area (Å²) in [4.78, 5) is 11.5. The molecule has 202 valence electrons. The van der Waals surface area contributed by atoms with E-state index < -0.39 is 36.5 Å². The smallest absolute Gasteiger partial charge is 0.391 e. The van der Waals surface area contributed by atoms with E-state index in [1.165, 1.54) is 6.08 Å². The molecule has 6 nitrogen and oxygen atoms in total. The Hall–Kier alpha value is -1.42. The minimum atomic E-state index is -4.22. The molecule has 0 amide bonds. The van der Waals surface area contributed by atoms with Crippen LogP contribution in [0.5, 0.6) is 0 Å². The first-order valence-corrected chi connectivity index (χ1v) is 12.7. The highest BCUT2D eigenvalue weighted by Crippen LogP contribution is 2.39. The van der Waals surface area contributed by atoms with E-state index in [-0.39, 0.29) is 49.8 Å². The molecule has 35 heavy (non-hydrogen) atoms. The molecule has 0 bridgehead atoms. The third kappa shape index (κ3) is 10.6. The van der Waals surface area contributed by atoms with E-state index in [1.54, 1.807) is 19.9 Å². The number of rotatable bonds is 12. The average molecular weight is 507 g/mol. The summed E-state index contributed by atoms with van der Waals surface area (Å²) in [5.41, 5.74) is 0. The number of aliphatic hydroxyl groups is 3. The Kier molecular flexibility index (Phi) is 12.2. The van der Waals surface area contributed by atoms with E-state index in [9.17, 15) is 33.3 Å². The van der Waals surface area contributed by atoms with Crippen LogP contribution in [0.25, 0.3) is 0 Å². The summed E-state index contributed by atoms with van der Waals surface area (Å²) >= 11 is 0. The number of allylic oxidation sites excluding steroid dienone is 2. The van der Waals surface area contributed by atoms with Crippen LogP contribution in [0.15, 0.2) is 24.3 Å². The number of ether oxygens (including phenoxy) is 2. The zero-order chi connectivity index (χ0) is 26.0. The van der Waals surface area contributed by atoms with Gasteiger partial charge in [0, 0.05) is 18.8 Å². The summed E-state index contributed by atoms with van der Waals surface area (Å²) < 4.78 is 49.5. The molecule has 0 radical (unpaired) electrons. The third-order valence-electron chi connectivity index (χ3n) is 6.76. The number of halogens is 3. The molecule has 0 aromatic carbocycles. The van der Waals surface area contributed by atoms with Crippen molar-refractivity contribution in [1.82, 2.24) is 0 Å². The van der Waals surface area contributed by atoms with Crippen LogP contribution in [-0.4, -0.2) is 64.6 Å². The molecule has 2 aliphatic carbocycles. The van der Waals surface area contributed by atoms with Crippen molar-refractivity contribution in [2.75, 3.05) is 6.61 Å². The Morgan fingerprint density at radius 3 is 2.54 bits per heavy atom. The molecule has 3 N–H and O–H groups in total. The molecule has 7 atom stereocenters. The van der Waals surface area contributed by atoms with Crippen LogP contribution in [0.4, 0.5) is 13.2 Å². The van der Waals surface area contributed by atoms with Gasteiger partial charge in [0.2, 0.25) is 0 Å². The molecule has 0 spiro atoms. The number of carbonyl (C=O) groups excluding carboxylic acids is 1. The first-order valence-electron chi connectivity index (χ1n) is 12.7. The first kappa shape index (κ1) is 29.8. The maximum atomic E-state index is 13.0. The summed E-state index contributed by atoms with van der Waals surface area (Å²) in [6.07, 6.45) is 3.26. The summed E-state index contributed by atoms with van der Waals surface area (Å²) in [5.74, 6) is -2.15. The fourth-order valence-electron chi connectivity index (χ4n) is 4.90. The lowest BCUT2D eigenvalue weighted by molar-refractivity contribution is -0.193. The van der Waals surface area contributed by atoms with Crippen LogP contribution in [0, 0.1) is 17.8 Å². The maximum absolute atomic E-state index is 13.0. The number of hydrogen-bond acceptors (Lipinski definition) is 6. The zero-order valence-corrected chi connectivity index (χ0v) is 20.7. The van der Waals surface area contributed by atoms with Crippen LogP contribution in [0.3, 0.4) is 0 Å². The highest BCUT2D eigenvalue weighted by Gasteiger charge is 2.42. The zero-order valence-electron chi connectivity index (χ0n) is 20.7. The van der Waals surface area contributed by atoms with E-state index >= 15 is 0 Å². The summed E-state index contributed by atoms with van der Waals surface area (Å²) in [7, 11) is 0. The highest BCUT2D eigenvalue weighted by atomic mass is 19.4. The van der Waals surface area contributed by atoms with Gasteiger partial charge < -0.3 is 24.8 Å². The maximum Gasteiger partial charge on any atom is 0.391 e. The number of hydrogen-bond donors (Lipinski definition) is 3. The molecule has 2 fully saturated rings. The SMILES string of the molecule is CC(C)OC(=O)CCC/C=C\C[C@@H]1[C@@H](/C=C/[C@@H](O)COC2CCCC(C(F)(F)F)C2)[C@H](O)C[C@@H]1O. The van der Waals surface area contributed by atoms with Gasteiger partial charge in [0.1, 0.15) is 0 Å². The van der Waals surface area contributed by atoms with Gasteiger partial charge in [0.15, 0.2) is 0 Å². The molecule has 0 aliphatic heterocycles. The molecular weight excluding hydrogens is 465 g/mol. The fourth-order valence-corrected chi connectivity index (χ4v) is 4.90. The van der Waals surface area contributed by atoms with E-state index in [0.717, 1.165) is 0 Å². The second kappa shape index (κ2) is 14.4. The minimum Gasteiger partial charge on any atom is -0.463 e. The van der Waals surface area contributed by atoms with Crippen LogP contribution >= 0.6 is 0 Å². The molecule has 9 heteroatoms. The van der Waals surface area contributed by atoms with E-state index in [2.05, 4.69) is 0 Å². The first-order chi connectivity index (χ1) is 16.5. The molecule has 2 saturated carbocycles. The largest absolute Gasteiger partial charge is 0.463 e. The van der Waals surface area contributed by atoms with Crippen LogP contribution in [0.1, 0.15) is 71.6 Å². The monoisotopic (exact) mass is 506 g/mol. The molecule has 0 saturated heterocycles. The molecule has 2 aliphatic rings. The standard InChI is InChI=1S/C26H41F3O6/c1-17(2)35-25(33)11-6-4-3-5-10-21-22(24(32)15-23(21)31)13-12-19(30)16-34-20-9-7-8-18(14-20)26(27,28)29/h3,5,12-13,17-24,30-32H,4,6-11,14-16H2,1-2H3/b5-3-,13-12+/t18?,19-,20?,21-,22-,23+,24-/m1/s1. The summed E-state index contributed by atoms with van der Waals surface area (Å²) in [6, 6.07) is 0. The molecule has 0 aromatic heterocycles. The van der Waals surface area contributed by atoms with Gasteiger partial charge in [-0.1, -0.05) is 30.7 Å². The summed E-state index contributed by atoms with van der Waals surface area (Å²) in [6.45, 7) is 3.50. The number of carbonyl (C=O) groups is 1. The summed E-state index contributed by atoms with van der Waals surface area (Å²) in [5, 5.41) is 30.9. The number of alkyl halides is 3. The van der Waals surface area contributed by atoms with E-state index in [4.69, 9.17) is 9.47 Å². The van der Waals surface area contributed by atoms with Crippen molar-refractivity contribution in [2.24, 2.45) is 17.8 Å². The molecule has 2 rings (SSSR count). The van der Waals surface area contributed by atoms with Crippen molar-refractivity contribution in [1.29, 1.82) is 0 Å². The highest BCUT2D eigenvalue weighted by molar-refractivity contribution is 5.69. The van der Waals surface area contributed by atoms with Gasteiger partial charge in [-0.15, -0.1) is 0 Å². The Bertz CT molecular complexity index is 693. The molecule has 2 unspecified atom stereocenters. The molecular formula is C26H41F3O6. The van der Waals surface area contributed by atoms with Crippen molar-refractivity contribution in [3.8, 4) is 0 Å². The van der Waals surface area contributed by atoms with E-state index in [0.29, 0.717) is 38.5 Å². The molecule has 0 heterocycles. The predicted octanol–water partition coefficient (Wildman–Crippen LogP) is 4.47. The second-order valence-electron chi connectivity index (χ2n) is 10.1. The van der Waals surface area contributed by atoms with Crippen molar-refractivity contribution in [2.45, 2.75) is 108 Å². The molecule has 0 aromatic rings. The Morgan fingerprint density at radius 1 is 1.11 bits per heavy atom. The quantitative estimate of drug-likeness (QED) is 0.205. The van der Waals surface area contributed by atoms with Crippen LogP contribution < -0.4 is 0 Å². The van der Waals surface area contributed by atoms with Crippen molar-refractivity contribution >= 4 is 5.97 Å². The average Bonchev–Trinajstić information content (AvgIpc) is 3.04. The van der Waals surface area contributed by atoms with Crippen LogP contribution in [-0.2, 0) is 14.3 Å². The lowest BCUT2D eigenvalue weighted by Gasteiger charge is -2.30. The lowest BCUT2D eigenvalue weighted by Crippen LogP contribution is -2.33. The number of aliphatic hydroxyl groups excluding tert-OH is 3. The van der Waals surface area contributed by atoms with Crippen molar-refractivity contribution < 1.29 is 42.8 Å². The van der Waals surface area contributed by atoms with Gasteiger partial charge >= 0.3 is 12.1 Å². The predicted molar refractivity (Wildman–Crippen MR) is 125 cm³/mol. The minimum absolute atomic E-state index is 0.0826. The second-order valence-corrected chi connectivity index (χ2v) is 10.1. The van der Waals surface area contributed by atoms with Gasteiger partial charge in [0.05, 0.1) is 43.0 Å². The normalized spacial score (nSPS) is 31.0. The lowest BCUT2D eigenvalue weighted by atomic mass is 9.87. The Morgan fingerprint density at radius 2 is 1.86 bits per heavy atom.